The third kappa shape index (κ3) is 4.52. The molecule has 0 aliphatic carbocycles. The molecule has 1 aromatic heterocycles. The van der Waals surface area contributed by atoms with E-state index in [4.69, 9.17) is 27.9 Å². The van der Waals surface area contributed by atoms with Crippen LogP contribution in [0.5, 0.6) is 0 Å². The second-order valence-corrected chi connectivity index (χ2v) is 6.93. The number of carbonyl (C=O) groups is 2. The Hall–Kier alpha value is -2.83. The molecule has 0 fully saturated rings. The van der Waals surface area contributed by atoms with E-state index in [9.17, 15) is 9.59 Å². The fourth-order valence-electron chi connectivity index (χ4n) is 2.49. The molecule has 1 heterocycles. The van der Waals surface area contributed by atoms with Gasteiger partial charge >= 0.3 is 5.97 Å². The minimum atomic E-state index is -1.05. The van der Waals surface area contributed by atoms with E-state index in [1.807, 2.05) is 30.3 Å². The highest BCUT2D eigenvalue weighted by molar-refractivity contribution is 6.36. The van der Waals surface area contributed by atoms with Gasteiger partial charge in [0.05, 0.1) is 10.7 Å². The van der Waals surface area contributed by atoms with Gasteiger partial charge in [-0.25, -0.2) is 9.78 Å². The van der Waals surface area contributed by atoms with Crippen LogP contribution in [-0.4, -0.2) is 27.9 Å². The largest absolute Gasteiger partial charge is 0.448 e. The summed E-state index contributed by atoms with van der Waals surface area (Å²) in [7, 11) is 0. The zero-order valence-electron chi connectivity index (χ0n) is 15.1. The summed E-state index contributed by atoms with van der Waals surface area (Å²) in [5.74, 6) is -0.662. The number of benzene rings is 2. The Morgan fingerprint density at radius 2 is 1.86 bits per heavy atom. The number of esters is 1. The Kier molecular flexibility index (Phi) is 6.02. The monoisotopic (exact) mass is 417 g/mol. The van der Waals surface area contributed by atoms with Crippen LogP contribution in [0.1, 0.15) is 23.1 Å². The van der Waals surface area contributed by atoms with Gasteiger partial charge in [-0.3, -0.25) is 4.79 Å². The van der Waals surface area contributed by atoms with E-state index in [1.165, 1.54) is 13.0 Å². The van der Waals surface area contributed by atoms with E-state index in [1.54, 1.807) is 19.1 Å². The van der Waals surface area contributed by atoms with Crippen LogP contribution < -0.4 is 5.32 Å². The van der Waals surface area contributed by atoms with Crippen LogP contribution >= 0.6 is 23.2 Å². The van der Waals surface area contributed by atoms with Gasteiger partial charge in [0.15, 0.2) is 11.8 Å². The molecule has 3 rings (SSSR count). The summed E-state index contributed by atoms with van der Waals surface area (Å²) in [5, 5.41) is 3.34. The normalized spacial score (nSPS) is 11.7. The average molecular weight is 418 g/mol. The lowest BCUT2D eigenvalue weighted by Crippen LogP contribution is -2.30. The number of imidazole rings is 1. The minimum Gasteiger partial charge on any atom is -0.448 e. The molecule has 0 aliphatic rings. The predicted molar refractivity (Wildman–Crippen MR) is 109 cm³/mol. The number of H-pyrrole nitrogens is 1. The lowest BCUT2D eigenvalue weighted by Gasteiger charge is -2.14. The highest BCUT2D eigenvalue weighted by atomic mass is 35.5. The van der Waals surface area contributed by atoms with Crippen molar-refractivity contribution in [1.29, 1.82) is 0 Å². The standard InChI is InChI=1S/C20H17Cl2N3O3/c1-11-17(25-18(23-11)13-6-4-3-5-7-13)20(27)28-12(2)19(26)24-16-9-8-14(21)10-15(16)22/h3-10,12H,1-2H3,(H,23,25)(H,24,26). The maximum absolute atomic E-state index is 12.5. The number of hydrogen-bond acceptors (Lipinski definition) is 4. The summed E-state index contributed by atoms with van der Waals surface area (Å²) >= 11 is 11.9. The number of ether oxygens (including phenoxy) is 1. The maximum atomic E-state index is 12.5. The first-order valence-electron chi connectivity index (χ1n) is 8.44. The van der Waals surface area contributed by atoms with Gasteiger partial charge in [0.25, 0.3) is 5.91 Å². The molecule has 0 spiro atoms. The molecule has 144 valence electrons. The number of aromatic nitrogens is 2. The van der Waals surface area contributed by atoms with E-state index in [2.05, 4.69) is 15.3 Å². The van der Waals surface area contributed by atoms with Gasteiger partial charge < -0.3 is 15.0 Å². The van der Waals surface area contributed by atoms with Crippen molar-refractivity contribution in [1.82, 2.24) is 9.97 Å². The van der Waals surface area contributed by atoms with E-state index in [0.717, 1.165) is 5.56 Å². The summed E-state index contributed by atoms with van der Waals surface area (Å²) in [6, 6.07) is 14.1. The van der Waals surface area contributed by atoms with Gasteiger partial charge in [-0.1, -0.05) is 53.5 Å². The van der Waals surface area contributed by atoms with Crippen LogP contribution in [0.4, 0.5) is 5.69 Å². The second kappa shape index (κ2) is 8.46. The van der Waals surface area contributed by atoms with Gasteiger partial charge in [-0.05, 0) is 32.0 Å². The first kappa shape index (κ1) is 19.9. The molecule has 0 saturated carbocycles. The van der Waals surface area contributed by atoms with Crippen LogP contribution in [0.3, 0.4) is 0 Å². The zero-order valence-corrected chi connectivity index (χ0v) is 16.6. The maximum Gasteiger partial charge on any atom is 0.359 e. The van der Waals surface area contributed by atoms with E-state index in [-0.39, 0.29) is 10.7 Å². The molecule has 28 heavy (non-hydrogen) atoms. The molecule has 3 aromatic rings. The smallest absolute Gasteiger partial charge is 0.359 e. The number of halogens is 2. The molecular weight excluding hydrogens is 401 g/mol. The summed E-state index contributed by atoms with van der Waals surface area (Å²) in [4.78, 5) is 32.1. The molecule has 6 nitrogen and oxygen atoms in total. The van der Waals surface area contributed by atoms with Crippen LogP contribution in [0.2, 0.25) is 10.0 Å². The molecule has 2 aromatic carbocycles. The van der Waals surface area contributed by atoms with Crippen molar-refractivity contribution in [2.45, 2.75) is 20.0 Å². The van der Waals surface area contributed by atoms with Crippen LogP contribution in [0.15, 0.2) is 48.5 Å². The van der Waals surface area contributed by atoms with E-state index >= 15 is 0 Å². The third-order valence-electron chi connectivity index (χ3n) is 3.97. The number of carbonyl (C=O) groups excluding carboxylic acids is 2. The van der Waals surface area contributed by atoms with E-state index < -0.39 is 18.0 Å². The SMILES string of the molecule is Cc1[nH]c(-c2ccccc2)nc1C(=O)OC(C)C(=O)Nc1ccc(Cl)cc1Cl. The quantitative estimate of drug-likeness (QED) is 0.579. The Bertz CT molecular complexity index is 1020. The molecule has 2 N–H and O–H groups in total. The number of anilines is 1. The highest BCUT2D eigenvalue weighted by Gasteiger charge is 2.23. The Morgan fingerprint density at radius 3 is 2.54 bits per heavy atom. The lowest BCUT2D eigenvalue weighted by molar-refractivity contribution is -0.123. The number of rotatable bonds is 5. The number of aromatic amines is 1. The molecule has 0 aliphatic heterocycles. The molecule has 8 heteroatoms. The molecule has 1 amide bonds. The Morgan fingerprint density at radius 1 is 1.14 bits per heavy atom. The molecular formula is C20H17Cl2N3O3. The van der Waals surface area contributed by atoms with Gasteiger partial charge in [-0.15, -0.1) is 0 Å². The van der Waals surface area contributed by atoms with Crippen molar-refractivity contribution in [3.8, 4) is 11.4 Å². The number of aryl methyl sites for hydroxylation is 1. The van der Waals surface area contributed by atoms with Crippen molar-refractivity contribution in [2.24, 2.45) is 0 Å². The zero-order chi connectivity index (χ0) is 20.3. The summed E-state index contributed by atoms with van der Waals surface area (Å²) in [6.45, 7) is 3.19. The van der Waals surface area contributed by atoms with Gasteiger partial charge in [0, 0.05) is 16.3 Å². The Balaban J connectivity index is 1.68. The highest BCUT2D eigenvalue weighted by Crippen LogP contribution is 2.25. The topological polar surface area (TPSA) is 84.1 Å². The van der Waals surface area contributed by atoms with Gasteiger partial charge in [0.1, 0.15) is 5.82 Å². The number of hydrogen-bond donors (Lipinski definition) is 2. The summed E-state index contributed by atoms with van der Waals surface area (Å²) < 4.78 is 5.26. The molecule has 0 saturated heterocycles. The second-order valence-electron chi connectivity index (χ2n) is 6.09. The van der Waals surface area contributed by atoms with E-state index in [0.29, 0.717) is 22.2 Å². The molecule has 1 unspecified atom stereocenters. The molecule has 0 bridgehead atoms. The van der Waals surface area contributed by atoms with Crippen LogP contribution in [0, 0.1) is 6.92 Å². The van der Waals surface area contributed by atoms with Gasteiger partial charge in [-0.2, -0.15) is 0 Å². The lowest BCUT2D eigenvalue weighted by atomic mass is 10.2. The molecule has 0 radical (unpaired) electrons. The molecule has 1 atom stereocenters. The first-order chi connectivity index (χ1) is 13.3. The first-order valence-corrected chi connectivity index (χ1v) is 9.19. The number of nitrogens with one attached hydrogen (secondary N) is 2. The van der Waals surface area contributed by atoms with Gasteiger partial charge in [0.2, 0.25) is 0 Å². The number of nitrogens with zero attached hydrogens (tertiary/aromatic N) is 1. The van der Waals surface area contributed by atoms with Crippen molar-refractivity contribution in [3.05, 3.63) is 70.0 Å². The van der Waals surface area contributed by atoms with Crippen molar-refractivity contribution >= 4 is 40.8 Å². The summed E-state index contributed by atoms with van der Waals surface area (Å²) in [6.07, 6.45) is -1.05. The Labute approximate surface area is 171 Å². The summed E-state index contributed by atoms with van der Waals surface area (Å²) in [5.41, 5.74) is 1.90. The van der Waals surface area contributed by atoms with Crippen molar-refractivity contribution in [2.75, 3.05) is 5.32 Å². The average Bonchev–Trinajstić information content (AvgIpc) is 3.06. The van der Waals surface area contributed by atoms with Crippen molar-refractivity contribution < 1.29 is 14.3 Å². The minimum absolute atomic E-state index is 0.128. The fraction of sp³-hybridized carbons (Fsp3) is 0.150. The predicted octanol–water partition coefficient (Wildman–Crippen LogP) is 4.88. The third-order valence-corrected chi connectivity index (χ3v) is 4.52. The fourth-order valence-corrected chi connectivity index (χ4v) is 2.94. The number of amides is 1. The van der Waals surface area contributed by atoms with Crippen LogP contribution in [0.25, 0.3) is 11.4 Å². The van der Waals surface area contributed by atoms with Crippen LogP contribution in [-0.2, 0) is 9.53 Å². The van der Waals surface area contributed by atoms with Crippen molar-refractivity contribution in [3.63, 3.8) is 0 Å².